The Morgan fingerprint density at radius 2 is 1.39 bits per heavy atom. The molecule has 11 saturated heterocycles. The predicted octanol–water partition coefficient (Wildman–Crippen LogP) is 15.8. The lowest BCUT2D eigenvalue weighted by Crippen LogP contribution is -2.84. The van der Waals surface area contributed by atoms with E-state index in [1.807, 2.05) is 11.8 Å². The van der Waals surface area contributed by atoms with E-state index >= 15 is 0 Å². The van der Waals surface area contributed by atoms with Crippen molar-refractivity contribution in [3.63, 3.8) is 0 Å². The average molecular weight is 1290 g/mol. The maximum Gasteiger partial charge on any atom is 0.189 e. The highest BCUT2D eigenvalue weighted by Crippen LogP contribution is 2.88. The zero-order valence-corrected chi connectivity index (χ0v) is 56.8. The van der Waals surface area contributed by atoms with E-state index < -0.39 is 19.5 Å². The summed E-state index contributed by atoms with van der Waals surface area (Å²) in [6.07, 6.45) is 8.39. The maximum absolute atomic E-state index is 8.81. The van der Waals surface area contributed by atoms with E-state index in [4.69, 9.17) is 23.7 Å². The summed E-state index contributed by atoms with van der Waals surface area (Å²) in [7, 11) is 0. The number of hydrogen-bond donors (Lipinski definition) is 0. The van der Waals surface area contributed by atoms with Crippen LogP contribution in [0.5, 0.6) is 0 Å². The maximum atomic E-state index is 8.81. The van der Waals surface area contributed by atoms with Crippen LogP contribution in [0.25, 0.3) is 0 Å². The summed E-state index contributed by atoms with van der Waals surface area (Å²) in [4.78, 5) is -2.03. The normalized spacial score (nSPS) is 54.4. The monoisotopic (exact) mass is 1290 g/mol. The standard InChI is InChI=1S/C49H78O5S17/c1-10-14-34-15-22-61-46(54-34,38-50-17-12-19-55-38)49(53-30(5)31(6)68-49)48(44(40-60-27-35(11-2)67-40,41-65-32(7)33(8)66-41)69-37(70-48)36-58-26-29(4)64-36)47(42-56-20-13-21-57-42)63-23-16-43(9,71-47)45(51-18-24-62-45)39-52-28(3)25-59-39/h28-42H,10-27H2,1-9H3. The molecule has 5 nitrogen and oxygen atoms in total. The van der Waals surface area contributed by atoms with Gasteiger partial charge in [0, 0.05) is 55.9 Å². The van der Waals surface area contributed by atoms with Crippen LogP contribution in [0.3, 0.4) is 0 Å². The van der Waals surface area contributed by atoms with E-state index in [2.05, 4.69) is 251 Å². The molecule has 20 unspecified atom stereocenters. The highest BCUT2D eigenvalue weighted by Gasteiger charge is 2.91. The lowest BCUT2D eigenvalue weighted by Gasteiger charge is -2.71. The van der Waals surface area contributed by atoms with Crippen molar-refractivity contribution < 1.29 is 23.7 Å². The minimum absolute atomic E-state index is 0.00720. The van der Waals surface area contributed by atoms with Crippen molar-refractivity contribution in [1.82, 2.24) is 0 Å². The zero-order chi connectivity index (χ0) is 49.4. The molecule has 0 N–H and O–H groups in total. The molecule has 0 spiro atoms. The van der Waals surface area contributed by atoms with Crippen molar-refractivity contribution in [1.29, 1.82) is 0 Å². The smallest absolute Gasteiger partial charge is 0.189 e. The van der Waals surface area contributed by atoms with Gasteiger partial charge in [-0.2, -0.15) is 0 Å². The summed E-state index contributed by atoms with van der Waals surface area (Å²) in [5.74, 6) is 10.2. The van der Waals surface area contributed by atoms with E-state index in [1.165, 1.54) is 35.9 Å². The molecule has 0 aliphatic carbocycles. The van der Waals surface area contributed by atoms with Gasteiger partial charge in [-0.1, -0.05) is 48.0 Å². The molecule has 11 rings (SSSR count). The molecule has 11 heterocycles. The third-order valence-corrected chi connectivity index (χ3v) is 48.5. The summed E-state index contributed by atoms with van der Waals surface area (Å²) >= 11 is 39.3. The molecule has 0 saturated carbocycles. The molecule has 22 heteroatoms. The Bertz CT molecular complexity index is 1810. The van der Waals surface area contributed by atoms with Crippen LogP contribution >= 0.6 is 200 Å². The first-order valence-electron chi connectivity index (χ1n) is 26.5. The van der Waals surface area contributed by atoms with Gasteiger partial charge >= 0.3 is 0 Å². The Labute approximate surface area is 501 Å². The van der Waals surface area contributed by atoms with Crippen molar-refractivity contribution in [2.75, 3.05) is 65.0 Å². The van der Waals surface area contributed by atoms with Gasteiger partial charge in [0.05, 0.1) is 57.3 Å². The van der Waals surface area contributed by atoms with Crippen LogP contribution in [0.4, 0.5) is 0 Å². The van der Waals surface area contributed by atoms with Gasteiger partial charge in [-0.05, 0) is 88.1 Å². The van der Waals surface area contributed by atoms with E-state index in [1.54, 1.807) is 0 Å². The van der Waals surface area contributed by atoms with Crippen molar-refractivity contribution in [3.05, 3.63) is 0 Å². The van der Waals surface area contributed by atoms with Crippen molar-refractivity contribution in [2.24, 2.45) is 0 Å². The van der Waals surface area contributed by atoms with Crippen LogP contribution < -0.4 is 0 Å². The van der Waals surface area contributed by atoms with Crippen molar-refractivity contribution in [3.8, 4) is 0 Å². The van der Waals surface area contributed by atoms with E-state index in [9.17, 15) is 0 Å². The molecule has 11 fully saturated rings. The van der Waals surface area contributed by atoms with Crippen molar-refractivity contribution >= 4 is 200 Å². The summed E-state index contributed by atoms with van der Waals surface area (Å²) in [5.41, 5.74) is -0.153. The molecule has 0 aromatic heterocycles. The molecule has 0 aromatic rings. The molecule has 0 aromatic carbocycles. The van der Waals surface area contributed by atoms with Crippen LogP contribution in [0, 0.1) is 0 Å². The van der Waals surface area contributed by atoms with E-state index in [0.717, 1.165) is 74.1 Å². The van der Waals surface area contributed by atoms with Gasteiger partial charge in [-0.3, -0.25) is 0 Å². The number of hydrogen-bond acceptors (Lipinski definition) is 22. The fourth-order valence-corrected chi connectivity index (χ4v) is 49.4. The molecule has 0 amide bonds. The Kier molecular flexibility index (Phi) is 19.8. The van der Waals surface area contributed by atoms with E-state index in [0.29, 0.717) is 43.9 Å². The lowest BCUT2D eigenvalue weighted by molar-refractivity contribution is -0.197. The zero-order valence-electron chi connectivity index (χ0n) is 42.9. The van der Waals surface area contributed by atoms with Gasteiger partial charge in [-0.25, -0.2) is 0 Å². The third kappa shape index (κ3) is 9.92. The Balaban J connectivity index is 1.27. The highest BCUT2D eigenvalue weighted by atomic mass is 32.2. The summed E-state index contributed by atoms with van der Waals surface area (Å²) < 4.78 is 40.0. The molecule has 11 aliphatic heterocycles. The number of rotatable bonds is 13. The second kappa shape index (κ2) is 24.0. The summed E-state index contributed by atoms with van der Waals surface area (Å²) in [6.45, 7) is 24.0. The van der Waals surface area contributed by atoms with Crippen LogP contribution in [0.1, 0.15) is 107 Å². The molecule has 0 radical (unpaired) electrons. The van der Waals surface area contributed by atoms with Gasteiger partial charge < -0.3 is 23.7 Å². The Morgan fingerprint density at radius 1 is 0.606 bits per heavy atom. The highest BCUT2D eigenvalue weighted by molar-refractivity contribution is 8.33. The van der Waals surface area contributed by atoms with Crippen molar-refractivity contribution in [2.45, 2.75) is 219 Å². The van der Waals surface area contributed by atoms with Gasteiger partial charge in [-0.15, -0.1) is 200 Å². The first-order chi connectivity index (χ1) is 34.2. The second-order valence-electron chi connectivity index (χ2n) is 21.1. The molecular weight excluding hydrogens is 1210 g/mol. The van der Waals surface area contributed by atoms with Crippen LogP contribution in [0.2, 0.25) is 0 Å². The molecule has 11 aliphatic rings. The molecular formula is C49H78O5S17. The van der Waals surface area contributed by atoms with Gasteiger partial charge in [0.25, 0.3) is 0 Å². The largest absolute Gasteiger partial charge is 0.363 e. The number of thioether (sulfide) groups is 17. The quantitative estimate of drug-likeness (QED) is 0.176. The summed E-state index contributed by atoms with van der Waals surface area (Å²) in [6, 6.07) is 0. The Hall–Kier alpha value is 5.75. The minimum Gasteiger partial charge on any atom is -0.363 e. The fraction of sp³-hybridized carbons (Fsp3) is 1.00. The predicted molar refractivity (Wildman–Crippen MR) is 347 cm³/mol. The Morgan fingerprint density at radius 3 is 2.03 bits per heavy atom. The van der Waals surface area contributed by atoms with Gasteiger partial charge in [0.15, 0.2) is 14.8 Å². The van der Waals surface area contributed by atoms with Crippen LogP contribution in [-0.2, 0) is 23.7 Å². The molecule has 71 heavy (non-hydrogen) atoms. The fourth-order valence-electron chi connectivity index (χ4n) is 12.3. The van der Waals surface area contributed by atoms with Gasteiger partial charge in [0.1, 0.15) is 19.7 Å². The van der Waals surface area contributed by atoms with E-state index in [-0.39, 0.29) is 48.0 Å². The molecule has 20 atom stereocenters. The summed E-state index contributed by atoms with van der Waals surface area (Å²) in [5, 5.41) is 2.66. The second-order valence-corrected chi connectivity index (χ2v) is 45.8. The third-order valence-electron chi connectivity index (χ3n) is 16.1. The molecule has 406 valence electrons. The molecule has 0 bridgehead atoms. The van der Waals surface area contributed by atoms with Gasteiger partial charge in [0.2, 0.25) is 0 Å². The SMILES string of the molecule is CCCC1CCSC(C2OCCCS2)(C2(C3(C4(C5SCCCS5)SCCC(C)(C5(C6OC(C)CS6)OCCS5)S4)SC(C4SCC(C)S4)SC3(C3SCC(CC)S3)C3SC(C)C(C)S3)OC(C)C(C)S2)O1. The topological polar surface area (TPSA) is 46.2 Å². The van der Waals surface area contributed by atoms with Crippen LogP contribution in [0.15, 0.2) is 0 Å². The minimum atomic E-state index is -0.792. The van der Waals surface area contributed by atoms with Crippen LogP contribution in [-0.4, -0.2) is 176 Å². The lowest BCUT2D eigenvalue weighted by atomic mass is 9.79. The number of ether oxygens (including phenoxy) is 5. The first-order valence-corrected chi connectivity index (χ1v) is 43.0. The average Bonchev–Trinajstić information content (AvgIpc) is 4.26. The first kappa shape index (κ1) is 58.5.